The van der Waals surface area contributed by atoms with Crippen LogP contribution in [0.2, 0.25) is 0 Å². The van der Waals surface area contributed by atoms with Crippen molar-refractivity contribution in [2.24, 2.45) is 4.99 Å². The Morgan fingerprint density at radius 2 is 1.92 bits per heavy atom. The van der Waals surface area contributed by atoms with Crippen molar-refractivity contribution in [1.29, 1.82) is 0 Å². The molecule has 2 N–H and O–H groups in total. The molecule has 2 heterocycles. The smallest absolute Gasteiger partial charge is 0.191 e. The van der Waals surface area contributed by atoms with Crippen molar-refractivity contribution in [3.8, 4) is 0 Å². The summed E-state index contributed by atoms with van der Waals surface area (Å²) < 4.78 is 5.83. The van der Waals surface area contributed by atoms with Crippen LogP contribution < -0.4 is 10.6 Å². The summed E-state index contributed by atoms with van der Waals surface area (Å²) in [5.41, 5.74) is 2.01. The molecule has 2 aromatic heterocycles. The first kappa shape index (κ1) is 20.2. The first-order valence-corrected chi connectivity index (χ1v) is 8.74. The number of aliphatic imine (C=N–C) groups is 1. The number of pyridine rings is 1. The number of fused-ring (bicyclic) bond motifs is 1. The minimum atomic E-state index is 0. The molecule has 0 aliphatic carbocycles. The number of nitrogens with zero attached hydrogens (tertiary/aromatic N) is 2. The summed E-state index contributed by atoms with van der Waals surface area (Å²) in [7, 11) is 0. The highest BCUT2D eigenvalue weighted by Crippen LogP contribution is 2.18. The number of rotatable bonds is 7. The van der Waals surface area contributed by atoms with Gasteiger partial charge in [-0.1, -0.05) is 24.3 Å². The molecule has 0 unspecified atom stereocenters. The highest BCUT2D eigenvalue weighted by molar-refractivity contribution is 14.0. The van der Waals surface area contributed by atoms with Gasteiger partial charge in [0.25, 0.3) is 0 Å². The SMILES string of the molecule is CCNC(=NCCc1cc2ccccc2o1)NCCc1ccccn1.I. The molecule has 26 heavy (non-hydrogen) atoms. The summed E-state index contributed by atoms with van der Waals surface area (Å²) in [6.45, 7) is 4.38. The fourth-order valence-corrected chi connectivity index (χ4v) is 2.63. The minimum absolute atomic E-state index is 0. The highest BCUT2D eigenvalue weighted by Gasteiger charge is 2.03. The first-order chi connectivity index (χ1) is 12.3. The standard InChI is InChI=1S/C20H24N4O.HI/c1-2-21-20(23-13-10-17-8-5-6-12-22-17)24-14-11-18-15-16-7-3-4-9-19(16)25-18;/h3-9,12,15H,2,10-11,13-14H2,1H3,(H2,21,23,24);1H. The lowest BCUT2D eigenvalue weighted by molar-refractivity contribution is 0.550. The molecule has 0 aliphatic rings. The van der Waals surface area contributed by atoms with Crippen LogP contribution in [0.4, 0.5) is 0 Å². The van der Waals surface area contributed by atoms with Crippen LogP contribution in [0.1, 0.15) is 18.4 Å². The van der Waals surface area contributed by atoms with Crippen molar-refractivity contribution in [1.82, 2.24) is 15.6 Å². The zero-order chi connectivity index (χ0) is 17.3. The van der Waals surface area contributed by atoms with Gasteiger partial charge in [0.2, 0.25) is 0 Å². The molecule has 0 spiro atoms. The number of halogens is 1. The van der Waals surface area contributed by atoms with E-state index < -0.39 is 0 Å². The van der Waals surface area contributed by atoms with Gasteiger partial charge in [-0.15, -0.1) is 24.0 Å². The third kappa shape index (κ3) is 6.01. The molecule has 6 heteroatoms. The van der Waals surface area contributed by atoms with Crippen LogP contribution in [0.15, 0.2) is 64.1 Å². The number of nitrogens with one attached hydrogen (secondary N) is 2. The van der Waals surface area contributed by atoms with E-state index in [-0.39, 0.29) is 24.0 Å². The molecule has 0 saturated heterocycles. The third-order valence-electron chi connectivity index (χ3n) is 3.85. The lowest BCUT2D eigenvalue weighted by Crippen LogP contribution is -2.38. The number of hydrogen-bond acceptors (Lipinski definition) is 3. The first-order valence-electron chi connectivity index (χ1n) is 8.74. The lowest BCUT2D eigenvalue weighted by atomic mass is 10.2. The average Bonchev–Trinajstić information content (AvgIpc) is 3.05. The average molecular weight is 464 g/mol. The molecule has 0 saturated carbocycles. The van der Waals surface area contributed by atoms with Gasteiger partial charge in [0.15, 0.2) is 5.96 Å². The Morgan fingerprint density at radius 1 is 1.08 bits per heavy atom. The Hall–Kier alpha value is -2.09. The molecule has 0 amide bonds. The van der Waals surface area contributed by atoms with E-state index in [1.165, 1.54) is 0 Å². The van der Waals surface area contributed by atoms with Crippen molar-refractivity contribution in [3.05, 3.63) is 66.2 Å². The minimum Gasteiger partial charge on any atom is -0.461 e. The predicted molar refractivity (Wildman–Crippen MR) is 117 cm³/mol. The van der Waals surface area contributed by atoms with E-state index >= 15 is 0 Å². The van der Waals surface area contributed by atoms with Crippen LogP contribution >= 0.6 is 24.0 Å². The van der Waals surface area contributed by atoms with Gasteiger partial charge in [0.1, 0.15) is 11.3 Å². The molecular formula is C20H25IN4O. The summed E-state index contributed by atoms with van der Waals surface area (Å²) in [4.78, 5) is 8.96. The maximum absolute atomic E-state index is 5.83. The van der Waals surface area contributed by atoms with Crippen LogP contribution in [-0.2, 0) is 12.8 Å². The van der Waals surface area contributed by atoms with Gasteiger partial charge in [0.05, 0.1) is 0 Å². The largest absolute Gasteiger partial charge is 0.461 e. The third-order valence-corrected chi connectivity index (χ3v) is 3.85. The number of aromatic nitrogens is 1. The Bertz CT molecular complexity index is 784. The van der Waals surface area contributed by atoms with Crippen LogP contribution in [-0.4, -0.2) is 30.6 Å². The Morgan fingerprint density at radius 3 is 2.69 bits per heavy atom. The molecule has 0 fully saturated rings. The molecule has 1 aromatic carbocycles. The maximum atomic E-state index is 5.83. The predicted octanol–water partition coefficient (Wildman–Crippen LogP) is 3.79. The van der Waals surface area contributed by atoms with E-state index in [1.54, 1.807) is 0 Å². The van der Waals surface area contributed by atoms with Gasteiger partial charge >= 0.3 is 0 Å². The highest BCUT2D eigenvalue weighted by atomic mass is 127. The van der Waals surface area contributed by atoms with Crippen LogP contribution in [0.5, 0.6) is 0 Å². The van der Waals surface area contributed by atoms with Crippen LogP contribution in [0.25, 0.3) is 11.0 Å². The van der Waals surface area contributed by atoms with Crippen LogP contribution in [0, 0.1) is 0 Å². The fourth-order valence-electron chi connectivity index (χ4n) is 2.63. The van der Waals surface area contributed by atoms with Gasteiger partial charge in [-0.2, -0.15) is 0 Å². The molecule has 0 atom stereocenters. The van der Waals surface area contributed by atoms with Gasteiger partial charge in [-0.05, 0) is 31.2 Å². The van der Waals surface area contributed by atoms with E-state index in [0.717, 1.165) is 54.3 Å². The molecule has 3 rings (SSSR count). The normalized spacial score (nSPS) is 11.2. The molecule has 5 nitrogen and oxygen atoms in total. The van der Waals surface area contributed by atoms with E-state index in [2.05, 4.69) is 39.7 Å². The van der Waals surface area contributed by atoms with E-state index in [1.807, 2.05) is 42.6 Å². The maximum Gasteiger partial charge on any atom is 0.191 e. The van der Waals surface area contributed by atoms with Gasteiger partial charge in [0, 0.05) is 49.8 Å². The molecular weight excluding hydrogens is 439 g/mol. The Kier molecular flexibility index (Phi) is 8.40. The van der Waals surface area contributed by atoms with E-state index in [9.17, 15) is 0 Å². The zero-order valence-corrected chi connectivity index (χ0v) is 17.3. The summed E-state index contributed by atoms with van der Waals surface area (Å²) in [5, 5.41) is 7.76. The molecule has 0 radical (unpaired) electrons. The van der Waals surface area contributed by atoms with Crippen molar-refractivity contribution in [3.63, 3.8) is 0 Å². The van der Waals surface area contributed by atoms with E-state index in [0.29, 0.717) is 6.54 Å². The van der Waals surface area contributed by atoms with Crippen molar-refractivity contribution in [2.45, 2.75) is 19.8 Å². The lowest BCUT2D eigenvalue weighted by Gasteiger charge is -2.10. The molecule has 0 bridgehead atoms. The van der Waals surface area contributed by atoms with Crippen molar-refractivity contribution < 1.29 is 4.42 Å². The summed E-state index contributed by atoms with van der Waals surface area (Å²) in [6.07, 6.45) is 3.47. The second kappa shape index (κ2) is 10.8. The van der Waals surface area contributed by atoms with Gasteiger partial charge < -0.3 is 15.1 Å². The molecule has 0 aliphatic heterocycles. The van der Waals surface area contributed by atoms with Crippen LogP contribution in [0.3, 0.4) is 0 Å². The number of furan rings is 1. The topological polar surface area (TPSA) is 62.5 Å². The summed E-state index contributed by atoms with van der Waals surface area (Å²) in [6, 6.07) is 16.1. The van der Waals surface area contributed by atoms with Gasteiger partial charge in [-0.3, -0.25) is 9.98 Å². The molecule has 3 aromatic rings. The summed E-state index contributed by atoms with van der Waals surface area (Å²) >= 11 is 0. The van der Waals surface area contributed by atoms with Gasteiger partial charge in [-0.25, -0.2) is 0 Å². The quantitative estimate of drug-likeness (QED) is 0.318. The van der Waals surface area contributed by atoms with Crippen molar-refractivity contribution in [2.75, 3.05) is 19.6 Å². The number of hydrogen-bond donors (Lipinski definition) is 2. The molecule has 138 valence electrons. The number of para-hydroxylation sites is 1. The second-order valence-corrected chi connectivity index (χ2v) is 5.76. The summed E-state index contributed by atoms with van der Waals surface area (Å²) in [5.74, 6) is 1.80. The second-order valence-electron chi connectivity index (χ2n) is 5.76. The number of benzene rings is 1. The number of guanidine groups is 1. The Labute approximate surface area is 171 Å². The Balaban J connectivity index is 0.00000243. The van der Waals surface area contributed by atoms with E-state index in [4.69, 9.17) is 4.42 Å². The fraction of sp³-hybridized carbons (Fsp3) is 0.300. The monoisotopic (exact) mass is 464 g/mol. The van der Waals surface area contributed by atoms with Crippen molar-refractivity contribution >= 4 is 40.9 Å². The zero-order valence-electron chi connectivity index (χ0n) is 14.9.